The van der Waals surface area contributed by atoms with Gasteiger partial charge in [-0.15, -0.1) is 10.2 Å². The number of amides is 2. The van der Waals surface area contributed by atoms with E-state index in [2.05, 4.69) is 15.5 Å². The number of piperidine rings is 1. The maximum absolute atomic E-state index is 13.2. The van der Waals surface area contributed by atoms with Crippen LogP contribution in [0.15, 0.2) is 72.9 Å². The van der Waals surface area contributed by atoms with Gasteiger partial charge in [-0.1, -0.05) is 30.3 Å². The van der Waals surface area contributed by atoms with E-state index in [1.165, 1.54) is 0 Å². The fourth-order valence-corrected chi connectivity index (χ4v) is 4.94. The van der Waals surface area contributed by atoms with Crippen molar-refractivity contribution in [2.75, 3.05) is 18.4 Å². The summed E-state index contributed by atoms with van der Waals surface area (Å²) in [5, 5.41) is 11.6. The van der Waals surface area contributed by atoms with Gasteiger partial charge in [-0.25, -0.2) is 0 Å². The van der Waals surface area contributed by atoms with Crippen LogP contribution < -0.4 is 10.1 Å². The number of aromatic nitrogens is 3. The normalized spacial score (nSPS) is 17.7. The second-order valence-electron chi connectivity index (χ2n) is 9.04. The Morgan fingerprint density at radius 1 is 0.943 bits per heavy atom. The first-order valence-electron chi connectivity index (χ1n) is 11.9. The lowest BCUT2D eigenvalue weighted by Gasteiger charge is -2.31. The third-order valence-corrected chi connectivity index (χ3v) is 6.80. The Morgan fingerprint density at radius 3 is 2.63 bits per heavy atom. The molecule has 0 radical (unpaired) electrons. The number of para-hydroxylation sites is 1. The first-order valence-corrected chi connectivity index (χ1v) is 11.9. The van der Waals surface area contributed by atoms with Gasteiger partial charge in [0.2, 0.25) is 0 Å². The lowest BCUT2D eigenvalue weighted by atomic mass is 9.95. The molecule has 2 aliphatic heterocycles. The molecule has 1 saturated heterocycles. The first-order chi connectivity index (χ1) is 17.2. The van der Waals surface area contributed by atoms with Gasteiger partial charge in [0.05, 0.1) is 0 Å². The molecule has 4 heterocycles. The van der Waals surface area contributed by atoms with E-state index in [0.29, 0.717) is 30.8 Å². The van der Waals surface area contributed by atoms with E-state index in [1.54, 1.807) is 24.3 Å². The van der Waals surface area contributed by atoms with E-state index >= 15 is 0 Å². The Bertz CT molecular complexity index is 1380. The molecule has 0 bridgehead atoms. The van der Waals surface area contributed by atoms with Crippen molar-refractivity contribution >= 4 is 23.1 Å². The third-order valence-electron chi connectivity index (χ3n) is 6.80. The monoisotopic (exact) mass is 467 g/mol. The molecule has 1 atom stereocenters. The lowest BCUT2D eigenvalue weighted by molar-refractivity contribution is -0.122. The lowest BCUT2D eigenvalue weighted by Crippen LogP contribution is -2.38. The molecule has 0 spiro atoms. The average Bonchev–Trinajstić information content (AvgIpc) is 3.53. The summed E-state index contributed by atoms with van der Waals surface area (Å²) in [7, 11) is 0. The van der Waals surface area contributed by atoms with Gasteiger partial charge in [-0.2, -0.15) is 0 Å². The first kappa shape index (κ1) is 21.3. The van der Waals surface area contributed by atoms with E-state index in [-0.39, 0.29) is 17.7 Å². The minimum atomic E-state index is -0.570. The van der Waals surface area contributed by atoms with E-state index in [4.69, 9.17) is 4.74 Å². The number of carbonyl (C=O) groups is 2. The van der Waals surface area contributed by atoms with Gasteiger partial charge in [-0.3, -0.25) is 14.0 Å². The maximum atomic E-state index is 13.2. The van der Waals surface area contributed by atoms with Crippen LogP contribution >= 0.6 is 0 Å². The second-order valence-corrected chi connectivity index (χ2v) is 9.04. The number of nitrogens with one attached hydrogen (secondary N) is 1. The average molecular weight is 468 g/mol. The number of anilines is 1. The SMILES string of the molecule is O=C(Nc1cccc(C(=O)N2CCC(c3nnc4ccccn34)CC2)c1)C1Cc2ccccc2O1. The van der Waals surface area contributed by atoms with Crippen LogP contribution in [-0.4, -0.2) is 50.5 Å². The zero-order chi connectivity index (χ0) is 23.8. The maximum Gasteiger partial charge on any atom is 0.265 e. The Morgan fingerprint density at radius 2 is 1.77 bits per heavy atom. The van der Waals surface area contributed by atoms with Crippen LogP contribution in [0.25, 0.3) is 5.65 Å². The fourth-order valence-electron chi connectivity index (χ4n) is 4.94. The Hall–Kier alpha value is -4.20. The van der Waals surface area contributed by atoms with Crippen LogP contribution in [0.1, 0.15) is 40.5 Å². The zero-order valence-electron chi connectivity index (χ0n) is 19.1. The number of nitrogens with zero attached hydrogens (tertiary/aromatic N) is 4. The van der Waals surface area contributed by atoms with Crippen LogP contribution in [-0.2, 0) is 11.2 Å². The molecule has 2 aromatic carbocycles. The van der Waals surface area contributed by atoms with Crippen molar-refractivity contribution in [3.8, 4) is 5.75 Å². The van der Waals surface area contributed by atoms with Crippen molar-refractivity contribution in [2.45, 2.75) is 31.3 Å². The van der Waals surface area contributed by atoms with Gasteiger partial charge in [0.25, 0.3) is 11.8 Å². The number of ether oxygens (including phenoxy) is 1. The van der Waals surface area contributed by atoms with E-state index in [0.717, 1.165) is 35.6 Å². The highest BCUT2D eigenvalue weighted by atomic mass is 16.5. The highest BCUT2D eigenvalue weighted by Gasteiger charge is 2.30. The molecule has 4 aromatic rings. The molecule has 35 heavy (non-hydrogen) atoms. The second kappa shape index (κ2) is 8.87. The summed E-state index contributed by atoms with van der Waals surface area (Å²) in [6.45, 7) is 1.30. The quantitative estimate of drug-likeness (QED) is 0.495. The van der Waals surface area contributed by atoms with Crippen LogP contribution in [0, 0.1) is 0 Å². The molecule has 0 aliphatic carbocycles. The van der Waals surface area contributed by atoms with Crippen LogP contribution in [0.4, 0.5) is 5.69 Å². The highest BCUT2D eigenvalue weighted by Crippen LogP contribution is 2.30. The molecule has 1 N–H and O–H groups in total. The topological polar surface area (TPSA) is 88.8 Å². The van der Waals surface area contributed by atoms with E-state index < -0.39 is 6.10 Å². The van der Waals surface area contributed by atoms with Crippen molar-refractivity contribution < 1.29 is 14.3 Å². The Balaban J connectivity index is 1.09. The molecule has 8 nitrogen and oxygen atoms in total. The number of hydrogen-bond donors (Lipinski definition) is 1. The number of pyridine rings is 1. The summed E-state index contributed by atoms with van der Waals surface area (Å²) in [4.78, 5) is 27.8. The minimum absolute atomic E-state index is 0.0322. The summed E-state index contributed by atoms with van der Waals surface area (Å²) < 4.78 is 7.81. The molecule has 2 aliphatic rings. The van der Waals surface area contributed by atoms with E-state index in [9.17, 15) is 9.59 Å². The Labute approximate surface area is 202 Å². The molecule has 8 heteroatoms. The van der Waals surface area contributed by atoms with Gasteiger partial charge < -0.3 is 15.0 Å². The zero-order valence-corrected chi connectivity index (χ0v) is 19.1. The molecule has 2 aromatic heterocycles. The van der Waals surface area contributed by atoms with Crippen molar-refractivity contribution in [3.63, 3.8) is 0 Å². The van der Waals surface area contributed by atoms with Gasteiger partial charge in [-0.05, 0) is 54.8 Å². The van der Waals surface area contributed by atoms with Gasteiger partial charge in [0.1, 0.15) is 11.6 Å². The van der Waals surface area contributed by atoms with Crippen LogP contribution in [0.3, 0.4) is 0 Å². The standard InChI is InChI=1S/C27H25N5O3/c33-26(23-17-19-6-1-2-9-22(19)35-23)28-21-8-5-7-20(16-21)27(34)31-14-11-18(12-15-31)25-30-29-24-10-3-4-13-32(24)25/h1-10,13,16,18,23H,11-12,14-15,17H2,(H,28,33). The molecule has 6 rings (SSSR count). The van der Waals surface area contributed by atoms with Crippen LogP contribution in [0.5, 0.6) is 5.75 Å². The number of carbonyl (C=O) groups excluding carboxylic acids is 2. The molecular weight excluding hydrogens is 442 g/mol. The molecule has 1 unspecified atom stereocenters. The summed E-state index contributed by atoms with van der Waals surface area (Å²) >= 11 is 0. The third kappa shape index (κ3) is 4.12. The molecule has 2 amide bonds. The van der Waals surface area contributed by atoms with E-state index in [1.807, 2.05) is 58.0 Å². The number of fused-ring (bicyclic) bond motifs is 2. The van der Waals surface area contributed by atoms with Gasteiger partial charge >= 0.3 is 0 Å². The molecule has 1 fully saturated rings. The largest absolute Gasteiger partial charge is 0.480 e. The van der Waals surface area contributed by atoms with Crippen molar-refractivity contribution in [1.29, 1.82) is 0 Å². The summed E-state index contributed by atoms with van der Waals surface area (Å²) in [5.74, 6) is 1.72. The predicted octanol–water partition coefficient (Wildman–Crippen LogP) is 3.69. The molecular formula is C27H25N5O3. The summed E-state index contributed by atoms with van der Waals surface area (Å²) in [6.07, 6.45) is 3.61. The number of likely N-dealkylation sites (tertiary alicyclic amines) is 1. The van der Waals surface area contributed by atoms with Gasteiger partial charge in [0.15, 0.2) is 11.8 Å². The number of rotatable bonds is 4. The number of hydrogen-bond acceptors (Lipinski definition) is 5. The Kier molecular flexibility index (Phi) is 5.41. The smallest absolute Gasteiger partial charge is 0.265 e. The van der Waals surface area contributed by atoms with Crippen molar-refractivity contribution in [2.24, 2.45) is 0 Å². The fraction of sp³-hybridized carbons (Fsp3) is 0.259. The minimum Gasteiger partial charge on any atom is -0.480 e. The van der Waals surface area contributed by atoms with Gasteiger partial charge in [0, 0.05) is 42.9 Å². The number of benzene rings is 2. The van der Waals surface area contributed by atoms with Crippen LogP contribution in [0.2, 0.25) is 0 Å². The van der Waals surface area contributed by atoms with Crippen molar-refractivity contribution in [1.82, 2.24) is 19.5 Å². The predicted molar refractivity (Wildman–Crippen MR) is 130 cm³/mol. The molecule has 0 saturated carbocycles. The summed E-state index contributed by atoms with van der Waals surface area (Å²) in [5.41, 5.74) is 3.01. The van der Waals surface area contributed by atoms with Crippen molar-refractivity contribution in [3.05, 3.63) is 89.9 Å². The molecule has 176 valence electrons. The summed E-state index contributed by atoms with van der Waals surface area (Å²) in [6, 6.07) is 20.7. The highest BCUT2D eigenvalue weighted by molar-refractivity contribution is 5.98.